The second kappa shape index (κ2) is 5.35. The number of hydrogen-bond donors (Lipinski definition) is 0. The first kappa shape index (κ1) is 15.7. The Morgan fingerprint density at radius 2 is 1.83 bits per heavy atom. The molecule has 4 rings (SSSR count). The molecule has 0 N–H and O–H groups in total. The summed E-state index contributed by atoms with van der Waals surface area (Å²) in [5.74, 6) is 0.331. The van der Waals surface area contributed by atoms with Gasteiger partial charge in [-0.15, -0.1) is 0 Å². The number of hydrazone groups is 1. The van der Waals surface area contributed by atoms with Crippen molar-refractivity contribution in [3.63, 3.8) is 0 Å². The minimum Gasteiger partial charge on any atom is -0.271 e. The lowest BCUT2D eigenvalue weighted by Gasteiger charge is -2.36. The van der Waals surface area contributed by atoms with Gasteiger partial charge in [0.15, 0.2) is 5.82 Å². The standard InChI is InChI=1S/C16H20N4O3S/c1-12-16(7-4-8-16)15(21)20(18-12)14-6-5-13(11-17-14)24(22,23)19-9-2-3-10-19/h5-6,11H,2-4,7-10H2,1H3. The van der Waals surface area contributed by atoms with Gasteiger partial charge in [0.05, 0.1) is 11.1 Å². The first-order chi connectivity index (χ1) is 11.4. The van der Waals surface area contributed by atoms with Gasteiger partial charge in [-0.05, 0) is 44.7 Å². The number of carbonyl (C=O) groups excluding carboxylic acids is 1. The van der Waals surface area contributed by atoms with Crippen molar-refractivity contribution >= 4 is 27.5 Å². The molecule has 0 radical (unpaired) electrons. The summed E-state index contributed by atoms with van der Waals surface area (Å²) in [7, 11) is -3.49. The van der Waals surface area contributed by atoms with Crippen LogP contribution < -0.4 is 5.01 Å². The molecule has 1 aromatic heterocycles. The molecule has 1 saturated carbocycles. The van der Waals surface area contributed by atoms with Gasteiger partial charge in [-0.3, -0.25) is 4.79 Å². The van der Waals surface area contributed by atoms with Crippen LogP contribution in [0, 0.1) is 5.41 Å². The van der Waals surface area contributed by atoms with Crippen LogP contribution in [-0.4, -0.2) is 42.4 Å². The van der Waals surface area contributed by atoms with Crippen LogP contribution in [0.4, 0.5) is 5.82 Å². The largest absolute Gasteiger partial charge is 0.271 e. The minimum absolute atomic E-state index is 0.0473. The highest BCUT2D eigenvalue weighted by molar-refractivity contribution is 7.89. The van der Waals surface area contributed by atoms with E-state index in [2.05, 4.69) is 10.1 Å². The van der Waals surface area contributed by atoms with Crippen LogP contribution in [0.1, 0.15) is 39.0 Å². The van der Waals surface area contributed by atoms with Gasteiger partial charge in [-0.1, -0.05) is 6.42 Å². The molecular weight excluding hydrogens is 328 g/mol. The van der Waals surface area contributed by atoms with E-state index in [0.29, 0.717) is 18.9 Å². The van der Waals surface area contributed by atoms with Gasteiger partial charge in [0, 0.05) is 19.3 Å². The van der Waals surface area contributed by atoms with E-state index >= 15 is 0 Å². The summed E-state index contributed by atoms with van der Waals surface area (Å²) in [6, 6.07) is 3.08. The fourth-order valence-electron chi connectivity index (χ4n) is 3.64. The molecule has 2 aliphatic heterocycles. The maximum Gasteiger partial charge on any atom is 0.260 e. The summed E-state index contributed by atoms with van der Waals surface area (Å²) in [5.41, 5.74) is 0.386. The smallest absolute Gasteiger partial charge is 0.260 e. The second-order valence-corrected chi connectivity index (χ2v) is 8.64. The Kier molecular flexibility index (Phi) is 3.50. The number of rotatable bonds is 3. The second-order valence-electron chi connectivity index (χ2n) is 6.70. The Morgan fingerprint density at radius 1 is 1.12 bits per heavy atom. The number of pyridine rings is 1. The lowest BCUT2D eigenvalue weighted by molar-refractivity contribution is -0.127. The van der Waals surface area contributed by atoms with Gasteiger partial charge in [-0.25, -0.2) is 13.4 Å². The molecule has 1 amide bonds. The van der Waals surface area contributed by atoms with Gasteiger partial charge in [0.1, 0.15) is 4.90 Å². The summed E-state index contributed by atoms with van der Waals surface area (Å²) in [5, 5.41) is 5.68. The SMILES string of the molecule is CC1=NN(c2ccc(S(=O)(=O)N3CCCC3)cn2)C(=O)C12CCC2. The summed E-state index contributed by atoms with van der Waals surface area (Å²) < 4.78 is 26.5. The highest BCUT2D eigenvalue weighted by Crippen LogP contribution is 2.47. The van der Waals surface area contributed by atoms with Crippen molar-refractivity contribution in [1.29, 1.82) is 0 Å². The van der Waals surface area contributed by atoms with E-state index < -0.39 is 15.4 Å². The third-order valence-corrected chi connectivity index (χ3v) is 7.27. The third kappa shape index (κ3) is 2.12. The van der Waals surface area contributed by atoms with Crippen LogP contribution in [0.3, 0.4) is 0 Å². The van der Waals surface area contributed by atoms with Crippen LogP contribution in [-0.2, 0) is 14.8 Å². The van der Waals surface area contributed by atoms with E-state index in [-0.39, 0.29) is 10.8 Å². The van der Waals surface area contributed by atoms with Crippen LogP contribution in [0.2, 0.25) is 0 Å². The molecule has 128 valence electrons. The van der Waals surface area contributed by atoms with Crippen LogP contribution in [0.5, 0.6) is 0 Å². The Bertz CT molecular complexity index is 806. The predicted molar refractivity (Wildman–Crippen MR) is 89.1 cm³/mol. The number of sulfonamides is 1. The summed E-state index contributed by atoms with van der Waals surface area (Å²) >= 11 is 0. The zero-order valence-electron chi connectivity index (χ0n) is 13.6. The Labute approximate surface area is 141 Å². The molecule has 1 spiro atoms. The van der Waals surface area contributed by atoms with Crippen molar-refractivity contribution in [2.75, 3.05) is 18.1 Å². The maximum absolute atomic E-state index is 12.7. The molecule has 1 aliphatic carbocycles. The molecule has 0 aromatic carbocycles. The average molecular weight is 348 g/mol. The van der Waals surface area contributed by atoms with E-state index in [1.165, 1.54) is 21.6 Å². The monoisotopic (exact) mass is 348 g/mol. The van der Waals surface area contributed by atoms with Crippen molar-refractivity contribution in [1.82, 2.24) is 9.29 Å². The first-order valence-electron chi connectivity index (χ1n) is 8.32. The first-order valence-corrected chi connectivity index (χ1v) is 9.76. The highest BCUT2D eigenvalue weighted by Gasteiger charge is 2.53. The Balaban J connectivity index is 1.60. The van der Waals surface area contributed by atoms with Gasteiger partial charge < -0.3 is 0 Å². The van der Waals surface area contributed by atoms with E-state index in [1.54, 1.807) is 6.07 Å². The van der Waals surface area contributed by atoms with Crippen LogP contribution in [0.25, 0.3) is 0 Å². The predicted octanol–water partition coefficient (Wildman–Crippen LogP) is 1.76. The molecule has 3 aliphatic rings. The third-order valence-electron chi connectivity index (χ3n) is 5.39. The zero-order chi connectivity index (χ0) is 16.9. The fourth-order valence-corrected chi connectivity index (χ4v) is 5.10. The van der Waals surface area contributed by atoms with Crippen molar-refractivity contribution in [3.05, 3.63) is 18.3 Å². The normalized spacial score (nSPS) is 23.6. The Morgan fingerprint density at radius 3 is 2.33 bits per heavy atom. The maximum atomic E-state index is 12.7. The molecular formula is C16H20N4O3S. The zero-order valence-corrected chi connectivity index (χ0v) is 14.4. The van der Waals surface area contributed by atoms with E-state index in [9.17, 15) is 13.2 Å². The molecule has 24 heavy (non-hydrogen) atoms. The number of carbonyl (C=O) groups is 1. The highest BCUT2D eigenvalue weighted by atomic mass is 32.2. The topological polar surface area (TPSA) is 82.9 Å². The van der Waals surface area contributed by atoms with Crippen molar-refractivity contribution < 1.29 is 13.2 Å². The molecule has 1 saturated heterocycles. The van der Waals surface area contributed by atoms with E-state index in [0.717, 1.165) is 37.8 Å². The molecule has 3 heterocycles. The number of aromatic nitrogens is 1. The summed E-state index contributed by atoms with van der Waals surface area (Å²) in [6.07, 6.45) is 5.81. The Hall–Kier alpha value is -1.80. The number of nitrogens with zero attached hydrogens (tertiary/aromatic N) is 4. The van der Waals surface area contributed by atoms with Crippen LogP contribution in [0.15, 0.2) is 28.3 Å². The molecule has 1 aromatic rings. The van der Waals surface area contributed by atoms with Crippen LogP contribution >= 0.6 is 0 Å². The van der Waals surface area contributed by atoms with Crippen molar-refractivity contribution in [2.45, 2.75) is 43.9 Å². The van der Waals surface area contributed by atoms with E-state index in [1.807, 2.05) is 6.92 Å². The van der Waals surface area contributed by atoms with E-state index in [4.69, 9.17) is 0 Å². The number of anilines is 1. The number of amides is 1. The fraction of sp³-hybridized carbons (Fsp3) is 0.562. The van der Waals surface area contributed by atoms with Gasteiger partial charge in [0.2, 0.25) is 10.0 Å². The minimum atomic E-state index is -3.49. The summed E-state index contributed by atoms with van der Waals surface area (Å²) in [6.45, 7) is 2.99. The van der Waals surface area contributed by atoms with Crippen molar-refractivity contribution in [2.24, 2.45) is 10.5 Å². The molecule has 0 atom stereocenters. The number of hydrogen-bond acceptors (Lipinski definition) is 5. The molecule has 0 bridgehead atoms. The van der Waals surface area contributed by atoms with Gasteiger partial charge in [-0.2, -0.15) is 14.4 Å². The molecule has 2 fully saturated rings. The quantitative estimate of drug-likeness (QED) is 0.833. The molecule has 8 heteroatoms. The van der Waals surface area contributed by atoms with Crippen molar-refractivity contribution in [3.8, 4) is 0 Å². The van der Waals surface area contributed by atoms with Gasteiger partial charge >= 0.3 is 0 Å². The van der Waals surface area contributed by atoms with Gasteiger partial charge in [0.25, 0.3) is 5.91 Å². The average Bonchev–Trinajstić information content (AvgIpc) is 3.14. The lowest BCUT2D eigenvalue weighted by atomic mass is 9.66. The summed E-state index contributed by atoms with van der Waals surface area (Å²) in [4.78, 5) is 17.0. The molecule has 0 unspecified atom stereocenters. The lowest BCUT2D eigenvalue weighted by Crippen LogP contribution is -2.44. The molecule has 7 nitrogen and oxygen atoms in total.